The minimum atomic E-state index is -0.719. The van der Waals surface area contributed by atoms with E-state index in [-0.39, 0.29) is 47.8 Å². The Morgan fingerprint density at radius 2 is 1.65 bits per heavy atom. The number of benzene rings is 1. The van der Waals surface area contributed by atoms with E-state index >= 15 is 0 Å². The molecular weight excluding hydrogens is 468 g/mol. The molecule has 3 amide bonds. The molecule has 0 spiro atoms. The van der Waals surface area contributed by atoms with Gasteiger partial charge in [-0.1, -0.05) is 53.7 Å². The zero-order valence-electron chi connectivity index (χ0n) is 23.2. The van der Waals surface area contributed by atoms with Gasteiger partial charge >= 0.3 is 0 Å². The normalized spacial score (nSPS) is 21.4. The molecule has 0 bridgehead atoms. The van der Waals surface area contributed by atoms with Gasteiger partial charge in [0.1, 0.15) is 6.04 Å². The number of rotatable bonds is 9. The van der Waals surface area contributed by atoms with Crippen molar-refractivity contribution >= 4 is 23.5 Å². The number of hydrogen-bond acceptors (Lipinski definition) is 5. The smallest absolute Gasteiger partial charge is 0.251 e. The molecule has 1 unspecified atom stereocenters. The summed E-state index contributed by atoms with van der Waals surface area (Å²) in [6.07, 6.45) is 2.06. The van der Waals surface area contributed by atoms with Gasteiger partial charge in [-0.25, -0.2) is 0 Å². The first-order valence-electron chi connectivity index (χ1n) is 13.7. The van der Waals surface area contributed by atoms with Gasteiger partial charge in [-0.05, 0) is 54.7 Å². The molecule has 2 fully saturated rings. The number of Topliss-reactive ketones (excluding diaryl/α,β-unsaturated/α-hetero) is 1. The molecule has 0 aliphatic carbocycles. The Kier molecular flexibility index (Phi) is 9.51. The Morgan fingerprint density at radius 1 is 1.00 bits per heavy atom. The second-order valence-electron chi connectivity index (χ2n) is 11.9. The first-order chi connectivity index (χ1) is 17.4. The summed E-state index contributed by atoms with van der Waals surface area (Å²) in [5, 5.41) is 2.94. The van der Waals surface area contributed by atoms with Gasteiger partial charge in [0.2, 0.25) is 11.8 Å². The number of amides is 3. The second-order valence-corrected chi connectivity index (χ2v) is 11.9. The lowest BCUT2D eigenvalue weighted by Gasteiger charge is -2.39. The topological polar surface area (TPSA) is 113 Å². The minimum Gasteiger partial charge on any atom is -0.340 e. The maximum atomic E-state index is 13.7. The second kappa shape index (κ2) is 12.2. The number of ketones is 1. The fraction of sp³-hybridized carbons (Fsp3) is 0.655. The Balaban J connectivity index is 1.71. The molecule has 2 aliphatic heterocycles. The van der Waals surface area contributed by atoms with Crippen molar-refractivity contribution in [3.63, 3.8) is 0 Å². The third kappa shape index (κ3) is 6.98. The molecule has 8 nitrogen and oxygen atoms in total. The third-order valence-electron chi connectivity index (χ3n) is 7.42. The highest BCUT2D eigenvalue weighted by molar-refractivity contribution is 5.99. The first kappa shape index (κ1) is 28.8. The summed E-state index contributed by atoms with van der Waals surface area (Å²) >= 11 is 0. The highest BCUT2D eigenvalue weighted by atomic mass is 16.2. The van der Waals surface area contributed by atoms with Crippen LogP contribution < -0.4 is 11.1 Å². The lowest BCUT2D eigenvalue weighted by Crippen LogP contribution is -2.60. The Hall–Kier alpha value is -2.74. The number of piperidine rings is 1. The molecule has 8 heteroatoms. The van der Waals surface area contributed by atoms with E-state index in [1.807, 2.05) is 39.8 Å². The number of nitrogens with two attached hydrogens (primary N) is 1. The molecule has 0 aromatic heterocycles. The van der Waals surface area contributed by atoms with Crippen molar-refractivity contribution in [1.82, 2.24) is 15.1 Å². The van der Waals surface area contributed by atoms with Crippen molar-refractivity contribution in [2.24, 2.45) is 29.4 Å². The molecule has 2 heterocycles. The predicted molar refractivity (Wildman–Crippen MR) is 144 cm³/mol. The summed E-state index contributed by atoms with van der Waals surface area (Å²) in [4.78, 5) is 55.9. The predicted octanol–water partition coefficient (Wildman–Crippen LogP) is 2.64. The van der Waals surface area contributed by atoms with Crippen LogP contribution in [-0.2, 0) is 20.8 Å². The van der Waals surface area contributed by atoms with Crippen LogP contribution >= 0.6 is 0 Å². The minimum absolute atomic E-state index is 0.0196. The highest BCUT2D eigenvalue weighted by Crippen LogP contribution is 2.31. The maximum Gasteiger partial charge on any atom is 0.251 e. The van der Waals surface area contributed by atoms with E-state index in [2.05, 4.69) is 19.2 Å². The van der Waals surface area contributed by atoms with Crippen molar-refractivity contribution < 1.29 is 19.2 Å². The van der Waals surface area contributed by atoms with E-state index < -0.39 is 18.1 Å². The number of fused-ring (bicyclic) bond motifs is 1. The number of nitrogens with one attached hydrogen (secondary N) is 1. The lowest BCUT2D eigenvalue weighted by molar-refractivity contribution is -0.147. The number of likely N-dealkylation sites (tertiary alicyclic amines) is 2. The van der Waals surface area contributed by atoms with Crippen LogP contribution in [0.2, 0.25) is 0 Å². The monoisotopic (exact) mass is 512 g/mol. The van der Waals surface area contributed by atoms with E-state index in [4.69, 9.17) is 5.73 Å². The summed E-state index contributed by atoms with van der Waals surface area (Å²) in [6.45, 7) is 12.9. The van der Waals surface area contributed by atoms with Gasteiger partial charge in [-0.15, -0.1) is 0 Å². The molecule has 2 aliphatic rings. The van der Waals surface area contributed by atoms with Crippen LogP contribution in [0.1, 0.15) is 70.3 Å². The first-order valence-corrected chi connectivity index (χ1v) is 13.7. The quantitative estimate of drug-likeness (QED) is 0.528. The highest BCUT2D eigenvalue weighted by Gasteiger charge is 2.48. The summed E-state index contributed by atoms with van der Waals surface area (Å²) in [7, 11) is 0. The number of carbonyl (C=O) groups is 4. The van der Waals surface area contributed by atoms with Gasteiger partial charge in [-0.2, -0.15) is 0 Å². The molecule has 3 rings (SSSR count). The Labute approximate surface area is 221 Å². The molecule has 204 valence electrons. The molecule has 1 aromatic rings. The molecule has 3 N–H and O–H groups in total. The van der Waals surface area contributed by atoms with E-state index in [0.717, 1.165) is 6.42 Å². The molecule has 2 saturated heterocycles. The van der Waals surface area contributed by atoms with E-state index in [1.165, 1.54) is 5.56 Å². The van der Waals surface area contributed by atoms with Crippen LogP contribution in [0.4, 0.5) is 0 Å². The van der Waals surface area contributed by atoms with Crippen LogP contribution in [0.5, 0.6) is 0 Å². The SMILES string of the molecule is CC(C)Cc1ccc(C(=O)N[C@@H](CC(C)C)C(=O)N2CCC3CN(C(=O)[C@@H](N)C(C)C)CC(=O)[C@H]32)cc1. The van der Waals surface area contributed by atoms with Crippen molar-refractivity contribution in [1.29, 1.82) is 0 Å². The molecule has 1 aromatic carbocycles. The number of nitrogens with zero attached hydrogens (tertiary/aromatic N) is 2. The van der Waals surface area contributed by atoms with Gasteiger partial charge in [0.25, 0.3) is 5.91 Å². The van der Waals surface area contributed by atoms with Crippen molar-refractivity contribution in [3.8, 4) is 0 Å². The number of hydrogen-bond donors (Lipinski definition) is 2. The van der Waals surface area contributed by atoms with Gasteiger partial charge in [0, 0.05) is 24.6 Å². The largest absolute Gasteiger partial charge is 0.340 e. The molecule has 0 saturated carbocycles. The van der Waals surface area contributed by atoms with Gasteiger partial charge in [-0.3, -0.25) is 19.2 Å². The fourth-order valence-electron chi connectivity index (χ4n) is 5.42. The van der Waals surface area contributed by atoms with Crippen molar-refractivity contribution in [2.45, 2.75) is 78.9 Å². The summed E-state index contributed by atoms with van der Waals surface area (Å²) in [6, 6.07) is 5.59. The molecule has 4 atom stereocenters. The van der Waals surface area contributed by atoms with E-state index in [0.29, 0.717) is 37.4 Å². The molecule has 37 heavy (non-hydrogen) atoms. The van der Waals surface area contributed by atoms with E-state index in [1.54, 1.807) is 21.9 Å². The summed E-state index contributed by atoms with van der Waals surface area (Å²) in [5.74, 6) is -0.299. The van der Waals surface area contributed by atoms with Gasteiger partial charge < -0.3 is 20.9 Å². The summed E-state index contributed by atoms with van der Waals surface area (Å²) < 4.78 is 0. The van der Waals surface area contributed by atoms with E-state index in [9.17, 15) is 19.2 Å². The van der Waals surface area contributed by atoms with Crippen LogP contribution in [0.25, 0.3) is 0 Å². The van der Waals surface area contributed by atoms with Crippen LogP contribution in [0.3, 0.4) is 0 Å². The van der Waals surface area contributed by atoms with Gasteiger partial charge in [0.15, 0.2) is 5.78 Å². The lowest BCUT2D eigenvalue weighted by atomic mass is 9.90. The Bertz CT molecular complexity index is 988. The number of carbonyl (C=O) groups excluding carboxylic acids is 4. The third-order valence-corrected chi connectivity index (χ3v) is 7.42. The standard InChI is InChI=1S/C29H44N4O4/c1-17(2)13-20-7-9-21(10-8-20)27(35)31-23(14-18(3)4)28(36)33-12-11-22-15-32(16-24(34)26(22)33)29(37)25(30)19(5)6/h7-10,17-19,22-23,25-26H,11-16,30H2,1-6H3,(H,31,35)/t22?,23-,25-,26-/m0/s1. The van der Waals surface area contributed by atoms with Crippen LogP contribution in [0, 0.1) is 23.7 Å². The zero-order chi connectivity index (χ0) is 27.4. The summed E-state index contributed by atoms with van der Waals surface area (Å²) in [5.41, 5.74) is 7.73. The zero-order valence-corrected chi connectivity index (χ0v) is 23.2. The van der Waals surface area contributed by atoms with Crippen molar-refractivity contribution in [3.05, 3.63) is 35.4 Å². The van der Waals surface area contributed by atoms with Crippen LogP contribution in [-0.4, -0.2) is 71.1 Å². The Morgan fingerprint density at radius 3 is 2.22 bits per heavy atom. The molecular formula is C29H44N4O4. The average Bonchev–Trinajstić information content (AvgIpc) is 3.26. The van der Waals surface area contributed by atoms with Crippen molar-refractivity contribution in [2.75, 3.05) is 19.6 Å². The average molecular weight is 513 g/mol. The fourth-order valence-corrected chi connectivity index (χ4v) is 5.42. The molecule has 0 radical (unpaired) electrons. The van der Waals surface area contributed by atoms with Crippen LogP contribution in [0.15, 0.2) is 24.3 Å². The maximum absolute atomic E-state index is 13.7. The van der Waals surface area contributed by atoms with Gasteiger partial charge in [0.05, 0.1) is 18.6 Å².